The highest BCUT2D eigenvalue weighted by atomic mass is 16.5. The van der Waals surface area contributed by atoms with Crippen molar-refractivity contribution in [2.24, 2.45) is 5.10 Å². The van der Waals surface area contributed by atoms with Gasteiger partial charge in [-0.3, -0.25) is 0 Å². The van der Waals surface area contributed by atoms with E-state index >= 15 is 0 Å². The van der Waals surface area contributed by atoms with Gasteiger partial charge in [-0.1, -0.05) is 48.5 Å². The minimum absolute atomic E-state index is 0.593. The predicted molar refractivity (Wildman–Crippen MR) is 103 cm³/mol. The first-order chi connectivity index (χ1) is 12.3. The van der Waals surface area contributed by atoms with E-state index in [1.54, 1.807) is 7.11 Å². The van der Waals surface area contributed by atoms with E-state index in [1.165, 1.54) is 0 Å². The van der Waals surface area contributed by atoms with Crippen LogP contribution in [0.3, 0.4) is 0 Å². The van der Waals surface area contributed by atoms with Gasteiger partial charge in [-0.15, -0.1) is 0 Å². The number of hydrogen-bond donors (Lipinski definition) is 1. The van der Waals surface area contributed by atoms with Crippen LogP contribution in [-0.4, -0.2) is 19.9 Å². The first kappa shape index (κ1) is 16.8. The lowest BCUT2D eigenvalue weighted by molar-refractivity contribution is 0.340. The van der Waals surface area contributed by atoms with E-state index in [0.717, 1.165) is 33.4 Å². The Morgan fingerprint density at radius 1 is 0.960 bits per heavy atom. The average molecular weight is 334 g/mol. The lowest BCUT2D eigenvalue weighted by Gasteiger charge is -2.10. The Balaban J connectivity index is 1.81. The van der Waals surface area contributed by atoms with Crippen LogP contribution in [0.1, 0.15) is 18.1 Å². The zero-order chi connectivity index (χ0) is 17.5. The Morgan fingerprint density at radius 3 is 2.60 bits per heavy atom. The van der Waals surface area contributed by atoms with Gasteiger partial charge in [0.2, 0.25) is 0 Å². The van der Waals surface area contributed by atoms with Gasteiger partial charge in [-0.25, -0.2) is 0 Å². The van der Waals surface area contributed by atoms with E-state index in [1.807, 2.05) is 55.6 Å². The highest BCUT2D eigenvalue weighted by molar-refractivity contribution is 6.02. The second-order valence-electron chi connectivity index (χ2n) is 5.54. The number of hydrogen-bond acceptors (Lipinski definition) is 4. The second kappa shape index (κ2) is 8.20. The van der Waals surface area contributed by atoms with Crippen LogP contribution in [0, 0.1) is 0 Å². The van der Waals surface area contributed by atoms with Gasteiger partial charge in [0.1, 0.15) is 11.5 Å². The lowest BCUT2D eigenvalue weighted by atomic mass is 10.0. The van der Waals surface area contributed by atoms with Gasteiger partial charge in [0.15, 0.2) is 0 Å². The fourth-order valence-electron chi connectivity index (χ4n) is 2.78. The normalized spacial score (nSPS) is 11.0. The monoisotopic (exact) mass is 334 g/mol. The average Bonchev–Trinajstić information content (AvgIpc) is 2.66. The quantitative estimate of drug-likeness (QED) is 0.515. The number of rotatable bonds is 7. The summed E-state index contributed by atoms with van der Waals surface area (Å²) >= 11 is 0. The van der Waals surface area contributed by atoms with Crippen molar-refractivity contribution in [3.05, 3.63) is 71.8 Å². The molecule has 0 aliphatic carbocycles. The molecule has 4 heteroatoms. The highest BCUT2D eigenvalue weighted by Gasteiger charge is 2.06. The Kier molecular flexibility index (Phi) is 5.52. The Morgan fingerprint density at radius 2 is 1.76 bits per heavy atom. The summed E-state index contributed by atoms with van der Waals surface area (Å²) in [6.07, 6.45) is 1.82. The van der Waals surface area contributed by atoms with Crippen LogP contribution >= 0.6 is 0 Å². The van der Waals surface area contributed by atoms with Crippen molar-refractivity contribution in [3.8, 4) is 11.5 Å². The van der Waals surface area contributed by atoms with Crippen molar-refractivity contribution in [3.63, 3.8) is 0 Å². The van der Waals surface area contributed by atoms with Crippen LogP contribution in [0.15, 0.2) is 65.8 Å². The molecule has 0 saturated heterocycles. The minimum Gasteiger partial charge on any atom is -0.496 e. The number of nitrogens with zero attached hydrogens (tertiary/aromatic N) is 1. The minimum atomic E-state index is 0.593. The van der Waals surface area contributed by atoms with Crippen molar-refractivity contribution in [1.29, 1.82) is 0 Å². The van der Waals surface area contributed by atoms with Crippen molar-refractivity contribution < 1.29 is 9.47 Å². The molecule has 3 aromatic carbocycles. The largest absolute Gasteiger partial charge is 0.496 e. The molecule has 0 fully saturated rings. The third-order valence-electron chi connectivity index (χ3n) is 3.98. The number of benzene rings is 3. The van der Waals surface area contributed by atoms with Crippen molar-refractivity contribution in [2.45, 2.75) is 13.5 Å². The predicted octanol–water partition coefficient (Wildman–Crippen LogP) is 4.37. The maximum atomic E-state index is 5.76. The number of para-hydroxylation sites is 1. The number of ether oxygens (including phenoxy) is 2. The standard InChI is InChI=1S/C21H22N2O2/c1-3-25-21-13-12-16-8-4-6-10-18(16)19(21)15-23-22-14-17-9-5-7-11-20(17)24-2/h4-13,15,22H,3,14H2,1-2H3/b23-15+. The summed E-state index contributed by atoms with van der Waals surface area (Å²) < 4.78 is 11.1. The zero-order valence-corrected chi connectivity index (χ0v) is 14.5. The van der Waals surface area contributed by atoms with Crippen LogP contribution in [-0.2, 0) is 6.54 Å². The molecular formula is C21H22N2O2. The topological polar surface area (TPSA) is 42.8 Å². The molecule has 1 N–H and O–H groups in total. The van der Waals surface area contributed by atoms with E-state index in [2.05, 4.69) is 28.7 Å². The molecule has 3 aromatic rings. The fraction of sp³-hybridized carbons (Fsp3) is 0.190. The maximum Gasteiger partial charge on any atom is 0.128 e. The smallest absolute Gasteiger partial charge is 0.128 e. The second-order valence-corrected chi connectivity index (χ2v) is 5.54. The van der Waals surface area contributed by atoms with Crippen LogP contribution in [0.4, 0.5) is 0 Å². The number of methoxy groups -OCH3 is 1. The number of fused-ring (bicyclic) bond motifs is 1. The molecule has 4 nitrogen and oxygen atoms in total. The molecule has 3 rings (SSSR count). The molecule has 128 valence electrons. The first-order valence-corrected chi connectivity index (χ1v) is 8.36. The molecule has 0 aromatic heterocycles. The zero-order valence-electron chi connectivity index (χ0n) is 14.5. The molecule has 0 radical (unpaired) electrons. The van der Waals surface area contributed by atoms with Crippen LogP contribution in [0.25, 0.3) is 10.8 Å². The van der Waals surface area contributed by atoms with Crippen LogP contribution in [0.5, 0.6) is 11.5 Å². The third kappa shape index (κ3) is 3.91. The van der Waals surface area contributed by atoms with E-state index in [-0.39, 0.29) is 0 Å². The third-order valence-corrected chi connectivity index (χ3v) is 3.98. The summed E-state index contributed by atoms with van der Waals surface area (Å²) in [6.45, 7) is 3.19. The molecule has 0 aliphatic heterocycles. The van der Waals surface area contributed by atoms with E-state index < -0.39 is 0 Å². The molecule has 0 heterocycles. The summed E-state index contributed by atoms with van der Waals surface area (Å²) in [4.78, 5) is 0. The van der Waals surface area contributed by atoms with Gasteiger partial charge in [0, 0.05) is 11.1 Å². The molecular weight excluding hydrogens is 312 g/mol. The summed E-state index contributed by atoms with van der Waals surface area (Å²) in [6, 6.07) is 20.2. The lowest BCUT2D eigenvalue weighted by Crippen LogP contribution is -2.07. The molecule has 0 spiro atoms. The fourth-order valence-corrected chi connectivity index (χ4v) is 2.78. The molecule has 25 heavy (non-hydrogen) atoms. The molecule has 0 saturated carbocycles. The Labute approximate surface area is 148 Å². The molecule has 0 amide bonds. The van der Waals surface area contributed by atoms with Gasteiger partial charge in [-0.2, -0.15) is 5.10 Å². The van der Waals surface area contributed by atoms with Gasteiger partial charge < -0.3 is 14.9 Å². The van der Waals surface area contributed by atoms with Crippen molar-refractivity contribution >= 4 is 17.0 Å². The van der Waals surface area contributed by atoms with E-state index in [9.17, 15) is 0 Å². The van der Waals surface area contributed by atoms with E-state index in [0.29, 0.717) is 13.2 Å². The van der Waals surface area contributed by atoms with Gasteiger partial charge >= 0.3 is 0 Å². The number of hydrazone groups is 1. The summed E-state index contributed by atoms with van der Waals surface area (Å²) in [5.74, 6) is 1.69. The maximum absolute atomic E-state index is 5.76. The summed E-state index contributed by atoms with van der Waals surface area (Å²) in [5.41, 5.74) is 5.13. The van der Waals surface area contributed by atoms with Crippen molar-refractivity contribution in [1.82, 2.24) is 5.43 Å². The molecule has 0 bridgehead atoms. The van der Waals surface area contributed by atoms with Gasteiger partial charge in [-0.05, 0) is 29.8 Å². The van der Waals surface area contributed by atoms with Crippen LogP contribution in [0.2, 0.25) is 0 Å². The van der Waals surface area contributed by atoms with E-state index in [4.69, 9.17) is 9.47 Å². The SMILES string of the molecule is CCOc1ccc2ccccc2c1/C=N/NCc1ccccc1OC. The first-order valence-electron chi connectivity index (χ1n) is 8.36. The van der Waals surface area contributed by atoms with Crippen LogP contribution < -0.4 is 14.9 Å². The number of nitrogens with one attached hydrogen (secondary N) is 1. The van der Waals surface area contributed by atoms with Gasteiger partial charge in [0.25, 0.3) is 0 Å². The Hall–Kier alpha value is -3.01. The molecule has 0 aliphatic rings. The summed E-state index contributed by atoms with van der Waals surface area (Å²) in [5, 5.41) is 6.68. The molecule has 0 unspecified atom stereocenters. The van der Waals surface area contributed by atoms with Crippen molar-refractivity contribution in [2.75, 3.05) is 13.7 Å². The highest BCUT2D eigenvalue weighted by Crippen LogP contribution is 2.26. The summed E-state index contributed by atoms with van der Waals surface area (Å²) in [7, 11) is 1.67. The Bertz CT molecular complexity index is 875. The van der Waals surface area contributed by atoms with Gasteiger partial charge in [0.05, 0.1) is 26.5 Å². The molecule has 0 atom stereocenters.